The lowest BCUT2D eigenvalue weighted by atomic mass is 10.2. The average Bonchev–Trinajstić information content (AvgIpc) is 2.79. The minimum atomic E-state index is 0.321. The van der Waals surface area contributed by atoms with Crippen LogP contribution < -0.4 is 11.1 Å². The van der Waals surface area contributed by atoms with Crippen LogP contribution in [0.1, 0.15) is 16.8 Å². The van der Waals surface area contributed by atoms with Gasteiger partial charge in [-0.05, 0) is 43.7 Å². The van der Waals surface area contributed by atoms with Crippen LogP contribution in [0.5, 0.6) is 0 Å². The van der Waals surface area contributed by atoms with Gasteiger partial charge in [0.25, 0.3) is 0 Å². The van der Waals surface area contributed by atoms with E-state index in [4.69, 9.17) is 18.0 Å². The maximum atomic E-state index is 5.75. The fourth-order valence-corrected chi connectivity index (χ4v) is 3.17. The molecular weight excluding hydrogens is 300 g/mol. The lowest BCUT2D eigenvalue weighted by molar-refractivity contribution is 1.19. The number of nitrogens with zero attached hydrogens (tertiary/aromatic N) is 2. The third kappa shape index (κ3) is 2.86. The minimum absolute atomic E-state index is 0.321. The lowest BCUT2D eigenvalue weighted by Crippen LogP contribution is -2.13. The van der Waals surface area contributed by atoms with Crippen molar-refractivity contribution >= 4 is 49.7 Å². The van der Waals surface area contributed by atoms with E-state index in [1.54, 1.807) is 11.3 Å². The van der Waals surface area contributed by atoms with Crippen molar-refractivity contribution in [3.05, 3.63) is 47.2 Å². The van der Waals surface area contributed by atoms with Gasteiger partial charge in [-0.25, -0.2) is 9.97 Å². The van der Waals surface area contributed by atoms with Crippen molar-refractivity contribution in [3.63, 3.8) is 0 Å². The van der Waals surface area contributed by atoms with Gasteiger partial charge in [0.15, 0.2) is 5.13 Å². The van der Waals surface area contributed by atoms with Gasteiger partial charge >= 0.3 is 0 Å². The predicted molar refractivity (Wildman–Crippen MR) is 92.5 cm³/mol. The maximum Gasteiger partial charge on any atom is 0.189 e. The van der Waals surface area contributed by atoms with E-state index in [0.29, 0.717) is 10.8 Å². The van der Waals surface area contributed by atoms with E-state index in [0.717, 1.165) is 26.6 Å². The molecule has 106 valence electrons. The highest BCUT2D eigenvalue weighted by atomic mass is 32.1. The van der Waals surface area contributed by atoms with E-state index in [-0.39, 0.29) is 0 Å². The smallest absolute Gasteiger partial charge is 0.189 e. The van der Waals surface area contributed by atoms with E-state index in [9.17, 15) is 0 Å². The summed E-state index contributed by atoms with van der Waals surface area (Å²) in [7, 11) is 0. The number of pyridine rings is 1. The van der Waals surface area contributed by atoms with Gasteiger partial charge in [-0.15, -0.1) is 0 Å². The summed E-state index contributed by atoms with van der Waals surface area (Å²) < 4.78 is 1.14. The highest BCUT2D eigenvalue weighted by molar-refractivity contribution is 7.80. The number of rotatable bonds is 3. The molecular formula is C15H14N4S2. The zero-order valence-electron chi connectivity index (χ0n) is 11.7. The summed E-state index contributed by atoms with van der Waals surface area (Å²) in [4.78, 5) is 9.35. The molecule has 21 heavy (non-hydrogen) atoms. The second kappa shape index (κ2) is 5.38. The van der Waals surface area contributed by atoms with E-state index in [2.05, 4.69) is 34.3 Å². The number of aromatic nitrogens is 2. The Bertz CT molecular complexity index is 839. The number of fused-ring (bicyclic) bond motifs is 1. The molecule has 0 spiro atoms. The predicted octanol–water partition coefficient (Wildman–Crippen LogP) is 3.69. The van der Waals surface area contributed by atoms with Crippen molar-refractivity contribution in [3.8, 4) is 0 Å². The zero-order valence-corrected chi connectivity index (χ0v) is 13.3. The molecule has 0 bridgehead atoms. The molecule has 0 saturated carbocycles. The molecule has 3 aromatic rings. The molecule has 0 saturated heterocycles. The molecule has 0 fully saturated rings. The number of nitrogens with one attached hydrogen (secondary N) is 1. The number of aryl methyl sites for hydroxylation is 2. The van der Waals surface area contributed by atoms with Crippen LogP contribution in [0.3, 0.4) is 0 Å². The lowest BCUT2D eigenvalue weighted by Gasteiger charge is -2.08. The summed E-state index contributed by atoms with van der Waals surface area (Å²) in [5.41, 5.74) is 9.56. The number of thiocarbonyl (C=S) groups is 1. The number of nitrogens with two attached hydrogens (primary N) is 1. The number of anilines is 2. The highest BCUT2D eigenvalue weighted by Gasteiger charge is 2.10. The molecule has 3 N–H and O–H groups in total. The van der Waals surface area contributed by atoms with Crippen LogP contribution in [0.4, 0.5) is 10.9 Å². The van der Waals surface area contributed by atoms with Crippen LogP contribution >= 0.6 is 23.6 Å². The maximum absolute atomic E-state index is 5.75. The van der Waals surface area contributed by atoms with Crippen LogP contribution in [0.2, 0.25) is 0 Å². The van der Waals surface area contributed by atoms with Gasteiger partial charge in [-0.1, -0.05) is 29.6 Å². The Hall–Kier alpha value is -2.05. The monoisotopic (exact) mass is 314 g/mol. The van der Waals surface area contributed by atoms with E-state index < -0.39 is 0 Å². The fourth-order valence-electron chi connectivity index (χ4n) is 2.04. The summed E-state index contributed by atoms with van der Waals surface area (Å²) in [6.45, 7) is 4.00. The van der Waals surface area contributed by atoms with Gasteiger partial charge in [0.05, 0.1) is 15.8 Å². The summed E-state index contributed by atoms with van der Waals surface area (Å²) in [6, 6.07) is 9.96. The molecule has 0 amide bonds. The topological polar surface area (TPSA) is 63.8 Å². The Morgan fingerprint density at radius 3 is 2.76 bits per heavy atom. The summed E-state index contributed by atoms with van der Waals surface area (Å²) in [6.07, 6.45) is 0. The quantitative estimate of drug-likeness (QED) is 0.722. The highest BCUT2D eigenvalue weighted by Crippen LogP contribution is 2.29. The molecule has 0 radical (unpaired) electrons. The molecule has 3 rings (SSSR count). The van der Waals surface area contributed by atoms with Crippen molar-refractivity contribution in [1.29, 1.82) is 0 Å². The average molecular weight is 314 g/mol. The van der Waals surface area contributed by atoms with Gasteiger partial charge in [0, 0.05) is 5.69 Å². The van der Waals surface area contributed by atoms with Crippen LogP contribution in [-0.4, -0.2) is 15.0 Å². The molecule has 2 heterocycles. The molecule has 0 aliphatic heterocycles. The van der Waals surface area contributed by atoms with Crippen LogP contribution in [0.15, 0.2) is 30.3 Å². The summed E-state index contributed by atoms with van der Waals surface area (Å²) in [5, 5.41) is 4.02. The molecule has 0 aliphatic rings. The van der Waals surface area contributed by atoms with E-state index in [1.165, 1.54) is 5.56 Å². The van der Waals surface area contributed by atoms with Crippen LogP contribution in [0.25, 0.3) is 10.2 Å². The minimum Gasteiger partial charge on any atom is -0.389 e. The number of benzene rings is 1. The number of hydrogen-bond donors (Lipinski definition) is 2. The van der Waals surface area contributed by atoms with Crippen molar-refractivity contribution < 1.29 is 0 Å². The van der Waals surface area contributed by atoms with Crippen molar-refractivity contribution in [2.75, 3.05) is 5.32 Å². The number of thiazole rings is 1. The number of hydrogen-bond acceptors (Lipinski definition) is 5. The molecule has 1 aromatic carbocycles. The van der Waals surface area contributed by atoms with Gasteiger partial charge in [0.1, 0.15) is 10.8 Å². The molecule has 0 unspecified atom stereocenters. The standard InChI is InChI=1S/C15H14N4S2/c1-8-3-6-11-12(7-8)21-15(18-11)19-14-10(13(16)20)5-4-9(2)17-14/h3-7H,1-2H3,(H2,16,20)(H,17,18,19). The Kier molecular flexibility index (Phi) is 3.57. The Morgan fingerprint density at radius 2 is 2.00 bits per heavy atom. The Morgan fingerprint density at radius 1 is 1.19 bits per heavy atom. The van der Waals surface area contributed by atoms with Crippen molar-refractivity contribution in [2.45, 2.75) is 13.8 Å². The van der Waals surface area contributed by atoms with Crippen LogP contribution in [-0.2, 0) is 0 Å². The molecule has 2 aromatic heterocycles. The van der Waals surface area contributed by atoms with E-state index >= 15 is 0 Å². The van der Waals surface area contributed by atoms with Crippen LogP contribution in [0, 0.1) is 13.8 Å². The van der Waals surface area contributed by atoms with Gasteiger partial charge in [-0.2, -0.15) is 0 Å². The largest absolute Gasteiger partial charge is 0.389 e. The SMILES string of the molecule is Cc1ccc2nc(Nc3nc(C)ccc3C(N)=S)sc2c1. The molecule has 0 atom stereocenters. The van der Waals surface area contributed by atoms with Gasteiger partial charge in [-0.3, -0.25) is 0 Å². The Balaban J connectivity index is 2.02. The molecule has 4 nitrogen and oxygen atoms in total. The first kappa shape index (κ1) is 13.9. The normalized spacial score (nSPS) is 10.8. The second-order valence-electron chi connectivity index (χ2n) is 4.83. The van der Waals surface area contributed by atoms with Crippen molar-refractivity contribution in [1.82, 2.24) is 9.97 Å². The molecule has 0 aliphatic carbocycles. The molecule has 6 heteroatoms. The first-order chi connectivity index (χ1) is 10.0. The van der Waals surface area contributed by atoms with Crippen molar-refractivity contribution in [2.24, 2.45) is 5.73 Å². The summed E-state index contributed by atoms with van der Waals surface area (Å²) in [5.74, 6) is 0.651. The van der Waals surface area contributed by atoms with E-state index in [1.807, 2.05) is 25.1 Å². The van der Waals surface area contributed by atoms with Gasteiger partial charge < -0.3 is 11.1 Å². The first-order valence-corrected chi connectivity index (χ1v) is 7.67. The second-order valence-corrected chi connectivity index (χ2v) is 6.30. The Labute approximate surface area is 132 Å². The van der Waals surface area contributed by atoms with Gasteiger partial charge in [0.2, 0.25) is 0 Å². The summed E-state index contributed by atoms with van der Waals surface area (Å²) >= 11 is 6.66. The third-order valence-corrected chi connectivity index (χ3v) is 4.22. The fraction of sp³-hybridized carbons (Fsp3) is 0.133. The zero-order chi connectivity index (χ0) is 15.0. The first-order valence-electron chi connectivity index (χ1n) is 6.44. The third-order valence-electron chi connectivity index (χ3n) is 3.07.